The molecule has 3 nitrogen and oxygen atoms in total. The molecule has 1 N–H and O–H groups in total. The van der Waals surface area contributed by atoms with Gasteiger partial charge in [0, 0.05) is 6.54 Å². The Hall–Kier alpha value is -0.570. The van der Waals surface area contributed by atoms with Gasteiger partial charge in [-0.25, -0.2) is 0 Å². The van der Waals surface area contributed by atoms with Crippen LogP contribution in [0.1, 0.15) is 59.8 Å². The summed E-state index contributed by atoms with van der Waals surface area (Å²) in [5.74, 6) is 0.202. The Kier molecular flexibility index (Phi) is 10.2. The third kappa shape index (κ3) is 6.67. The van der Waals surface area contributed by atoms with Crippen LogP contribution >= 0.6 is 0 Å². The molecule has 0 heterocycles. The van der Waals surface area contributed by atoms with E-state index in [-0.39, 0.29) is 11.9 Å². The molecule has 0 aromatic carbocycles. The van der Waals surface area contributed by atoms with Gasteiger partial charge in [-0.2, -0.15) is 0 Å². The number of likely N-dealkylation sites (N-methyl/N-ethyl adjacent to an activating group) is 1. The first-order valence-corrected chi connectivity index (χ1v) is 7.22. The van der Waals surface area contributed by atoms with Crippen LogP contribution in [0.3, 0.4) is 0 Å². The topological polar surface area (TPSA) is 32.3 Å². The Morgan fingerprint density at radius 1 is 1.06 bits per heavy atom. The lowest BCUT2D eigenvalue weighted by atomic mass is 10.1. The summed E-state index contributed by atoms with van der Waals surface area (Å²) in [6, 6.07) is 0.0520. The van der Waals surface area contributed by atoms with Gasteiger partial charge in [0.25, 0.3) is 0 Å². The van der Waals surface area contributed by atoms with Crippen molar-refractivity contribution in [2.24, 2.45) is 0 Å². The van der Waals surface area contributed by atoms with Crippen molar-refractivity contribution < 1.29 is 4.79 Å². The van der Waals surface area contributed by atoms with E-state index in [0.29, 0.717) is 0 Å². The van der Waals surface area contributed by atoms with E-state index >= 15 is 0 Å². The standard InChI is InChI=1S/C14H30N2O/c1-5-9-10-11-12-15-14(17)13(6-2)16(7-3)8-4/h13H,5-12H2,1-4H3,(H,15,17). The molecule has 17 heavy (non-hydrogen) atoms. The van der Waals surface area contributed by atoms with Gasteiger partial charge < -0.3 is 5.32 Å². The fourth-order valence-corrected chi connectivity index (χ4v) is 2.15. The highest BCUT2D eigenvalue weighted by Crippen LogP contribution is 2.04. The Labute approximate surface area is 107 Å². The summed E-state index contributed by atoms with van der Waals surface area (Å²) < 4.78 is 0. The SMILES string of the molecule is CCCCCCNC(=O)C(CC)N(CC)CC. The molecule has 0 aliphatic heterocycles. The number of nitrogens with one attached hydrogen (secondary N) is 1. The minimum atomic E-state index is 0.0520. The molecule has 102 valence electrons. The average molecular weight is 242 g/mol. The molecule has 3 heteroatoms. The van der Waals surface area contributed by atoms with E-state index in [1.54, 1.807) is 0 Å². The summed E-state index contributed by atoms with van der Waals surface area (Å²) in [6.07, 6.45) is 5.73. The molecule has 0 rings (SSSR count). The summed E-state index contributed by atoms with van der Waals surface area (Å²) in [6.45, 7) is 11.2. The molecule has 0 aromatic heterocycles. The molecule has 0 spiro atoms. The summed E-state index contributed by atoms with van der Waals surface area (Å²) >= 11 is 0. The Balaban J connectivity index is 3.91. The molecular weight excluding hydrogens is 212 g/mol. The molecule has 0 saturated carbocycles. The highest BCUT2D eigenvalue weighted by atomic mass is 16.2. The molecule has 0 fully saturated rings. The van der Waals surface area contributed by atoms with Gasteiger partial charge in [0.1, 0.15) is 0 Å². The van der Waals surface area contributed by atoms with Crippen molar-refractivity contribution in [2.75, 3.05) is 19.6 Å². The van der Waals surface area contributed by atoms with E-state index in [1.807, 2.05) is 0 Å². The first-order valence-electron chi connectivity index (χ1n) is 7.22. The van der Waals surface area contributed by atoms with Crippen LogP contribution in [0, 0.1) is 0 Å². The average Bonchev–Trinajstić information content (AvgIpc) is 2.35. The second-order valence-corrected chi connectivity index (χ2v) is 4.50. The van der Waals surface area contributed by atoms with Crippen LogP contribution in [-0.2, 0) is 4.79 Å². The normalized spacial score (nSPS) is 12.8. The molecule has 0 aromatic rings. The smallest absolute Gasteiger partial charge is 0.237 e. The van der Waals surface area contributed by atoms with Gasteiger partial charge in [0.15, 0.2) is 0 Å². The second-order valence-electron chi connectivity index (χ2n) is 4.50. The molecular formula is C14H30N2O. The molecule has 0 aliphatic carbocycles. The number of carbonyl (C=O) groups is 1. The van der Waals surface area contributed by atoms with Gasteiger partial charge in [0.05, 0.1) is 6.04 Å². The van der Waals surface area contributed by atoms with Crippen LogP contribution < -0.4 is 5.32 Å². The number of amides is 1. The quantitative estimate of drug-likeness (QED) is 0.597. The molecule has 1 unspecified atom stereocenters. The number of nitrogens with zero attached hydrogens (tertiary/aromatic N) is 1. The second kappa shape index (κ2) is 10.6. The summed E-state index contributed by atoms with van der Waals surface area (Å²) in [7, 11) is 0. The molecule has 0 radical (unpaired) electrons. The van der Waals surface area contributed by atoms with E-state index in [9.17, 15) is 4.79 Å². The van der Waals surface area contributed by atoms with E-state index in [2.05, 4.69) is 37.9 Å². The van der Waals surface area contributed by atoms with Gasteiger partial charge in [-0.05, 0) is 25.9 Å². The van der Waals surface area contributed by atoms with Gasteiger partial charge in [-0.1, -0.05) is 47.0 Å². The lowest BCUT2D eigenvalue weighted by molar-refractivity contribution is -0.126. The highest BCUT2D eigenvalue weighted by Gasteiger charge is 2.20. The fourth-order valence-electron chi connectivity index (χ4n) is 2.15. The van der Waals surface area contributed by atoms with Crippen molar-refractivity contribution in [3.05, 3.63) is 0 Å². The number of hydrogen-bond donors (Lipinski definition) is 1. The van der Waals surface area contributed by atoms with E-state index in [1.165, 1.54) is 19.3 Å². The zero-order valence-corrected chi connectivity index (χ0v) is 12.1. The maximum atomic E-state index is 12.0. The summed E-state index contributed by atoms with van der Waals surface area (Å²) in [4.78, 5) is 14.2. The Bertz CT molecular complexity index is 191. The number of carbonyl (C=O) groups excluding carboxylic acids is 1. The zero-order valence-electron chi connectivity index (χ0n) is 12.1. The van der Waals surface area contributed by atoms with Crippen molar-refractivity contribution in [3.63, 3.8) is 0 Å². The highest BCUT2D eigenvalue weighted by molar-refractivity contribution is 5.81. The number of rotatable bonds is 10. The monoisotopic (exact) mass is 242 g/mol. The van der Waals surface area contributed by atoms with Crippen LogP contribution in [0.25, 0.3) is 0 Å². The molecule has 0 bridgehead atoms. The molecule has 0 aliphatic rings. The predicted molar refractivity (Wildman–Crippen MR) is 74.2 cm³/mol. The van der Waals surface area contributed by atoms with Crippen LogP contribution in [-0.4, -0.2) is 36.5 Å². The van der Waals surface area contributed by atoms with Crippen LogP contribution in [0.15, 0.2) is 0 Å². The lowest BCUT2D eigenvalue weighted by Gasteiger charge is -2.27. The van der Waals surface area contributed by atoms with Gasteiger partial charge in [-0.15, -0.1) is 0 Å². The lowest BCUT2D eigenvalue weighted by Crippen LogP contribution is -2.46. The van der Waals surface area contributed by atoms with E-state index in [0.717, 1.165) is 32.5 Å². The third-order valence-electron chi connectivity index (χ3n) is 3.27. The van der Waals surface area contributed by atoms with Crippen molar-refractivity contribution in [2.45, 2.75) is 65.8 Å². The number of unbranched alkanes of at least 4 members (excludes halogenated alkanes) is 3. The van der Waals surface area contributed by atoms with Gasteiger partial charge in [0.2, 0.25) is 5.91 Å². The predicted octanol–water partition coefficient (Wildman–Crippen LogP) is 2.80. The van der Waals surface area contributed by atoms with E-state index < -0.39 is 0 Å². The fraction of sp³-hybridized carbons (Fsp3) is 0.929. The third-order valence-corrected chi connectivity index (χ3v) is 3.27. The number of hydrogen-bond acceptors (Lipinski definition) is 2. The molecule has 1 atom stereocenters. The minimum Gasteiger partial charge on any atom is -0.355 e. The van der Waals surface area contributed by atoms with E-state index in [4.69, 9.17) is 0 Å². The maximum absolute atomic E-state index is 12.0. The maximum Gasteiger partial charge on any atom is 0.237 e. The van der Waals surface area contributed by atoms with Crippen LogP contribution in [0.5, 0.6) is 0 Å². The van der Waals surface area contributed by atoms with Crippen LogP contribution in [0.2, 0.25) is 0 Å². The van der Waals surface area contributed by atoms with Gasteiger partial charge >= 0.3 is 0 Å². The van der Waals surface area contributed by atoms with Gasteiger partial charge in [-0.3, -0.25) is 9.69 Å². The van der Waals surface area contributed by atoms with Crippen molar-refractivity contribution >= 4 is 5.91 Å². The van der Waals surface area contributed by atoms with Crippen LogP contribution in [0.4, 0.5) is 0 Å². The van der Waals surface area contributed by atoms with Crippen molar-refractivity contribution in [1.29, 1.82) is 0 Å². The first kappa shape index (κ1) is 16.4. The first-order chi connectivity index (χ1) is 8.21. The minimum absolute atomic E-state index is 0.0520. The largest absolute Gasteiger partial charge is 0.355 e. The van der Waals surface area contributed by atoms with Crippen molar-refractivity contribution in [1.82, 2.24) is 10.2 Å². The molecule has 0 saturated heterocycles. The Morgan fingerprint density at radius 3 is 2.18 bits per heavy atom. The summed E-state index contributed by atoms with van der Waals surface area (Å²) in [5, 5.41) is 3.06. The summed E-state index contributed by atoms with van der Waals surface area (Å²) in [5.41, 5.74) is 0. The molecule has 1 amide bonds. The zero-order chi connectivity index (χ0) is 13.1. The Morgan fingerprint density at radius 2 is 1.71 bits per heavy atom. The van der Waals surface area contributed by atoms with Crippen molar-refractivity contribution in [3.8, 4) is 0 Å².